The van der Waals surface area contributed by atoms with Crippen molar-refractivity contribution in [2.45, 2.75) is 71.5 Å². The lowest BCUT2D eigenvalue weighted by atomic mass is 9.81. The summed E-state index contributed by atoms with van der Waals surface area (Å²) in [7, 11) is 0. The lowest BCUT2D eigenvalue weighted by molar-refractivity contribution is -0.175. The van der Waals surface area contributed by atoms with Gasteiger partial charge in [-0.15, -0.1) is 0 Å². The molecule has 2 atom stereocenters. The maximum atomic E-state index is 12.2. The molecule has 1 saturated carbocycles. The van der Waals surface area contributed by atoms with Gasteiger partial charge in [-0.1, -0.05) is 32.1 Å². The van der Waals surface area contributed by atoms with E-state index in [0.29, 0.717) is 12.3 Å². The minimum absolute atomic E-state index is 0.330. The number of amides is 1. The number of hydrogen-bond acceptors (Lipinski definition) is 5. The van der Waals surface area contributed by atoms with Gasteiger partial charge in [0.1, 0.15) is 0 Å². The summed E-state index contributed by atoms with van der Waals surface area (Å²) in [4.78, 5) is 35.3. The van der Waals surface area contributed by atoms with Crippen LogP contribution < -0.4 is 5.73 Å². The first-order chi connectivity index (χ1) is 10.3. The van der Waals surface area contributed by atoms with Crippen molar-refractivity contribution in [3.05, 3.63) is 0 Å². The van der Waals surface area contributed by atoms with Crippen molar-refractivity contribution in [2.24, 2.45) is 17.6 Å². The van der Waals surface area contributed by atoms with E-state index in [1.807, 2.05) is 0 Å². The van der Waals surface area contributed by atoms with E-state index in [1.165, 1.54) is 13.3 Å². The number of rotatable bonds is 7. The van der Waals surface area contributed by atoms with Crippen LogP contribution >= 0.6 is 0 Å². The second-order valence-corrected chi connectivity index (χ2v) is 6.26. The zero-order valence-corrected chi connectivity index (χ0v) is 13.7. The number of esters is 2. The fraction of sp³-hybridized carbons (Fsp3) is 0.812. The first-order valence-electron chi connectivity index (χ1n) is 7.98. The lowest BCUT2D eigenvalue weighted by Gasteiger charge is -2.29. The molecule has 6 heteroatoms. The van der Waals surface area contributed by atoms with Gasteiger partial charge in [0.15, 0.2) is 0 Å². The third kappa shape index (κ3) is 6.03. The van der Waals surface area contributed by atoms with Gasteiger partial charge in [-0.3, -0.25) is 9.59 Å². The third-order valence-corrected chi connectivity index (χ3v) is 3.92. The number of nitrogens with two attached hydrogens (primary N) is 1. The van der Waals surface area contributed by atoms with Crippen LogP contribution in [0.15, 0.2) is 0 Å². The van der Waals surface area contributed by atoms with Crippen molar-refractivity contribution in [1.82, 2.24) is 0 Å². The number of carbonyl (C=O) groups excluding carboxylic acids is 3. The first-order valence-corrected chi connectivity index (χ1v) is 7.98. The van der Waals surface area contributed by atoms with Crippen molar-refractivity contribution in [1.29, 1.82) is 0 Å². The Morgan fingerprint density at radius 2 is 1.68 bits per heavy atom. The number of hydrogen-bond donors (Lipinski definition) is 1. The summed E-state index contributed by atoms with van der Waals surface area (Å²) in [6.07, 6.45) is 4.30. The van der Waals surface area contributed by atoms with E-state index < -0.39 is 29.9 Å². The van der Waals surface area contributed by atoms with Crippen LogP contribution in [0.3, 0.4) is 0 Å². The highest BCUT2D eigenvalue weighted by atomic mass is 16.6. The maximum absolute atomic E-state index is 12.2. The van der Waals surface area contributed by atoms with Crippen molar-refractivity contribution in [2.75, 3.05) is 0 Å². The summed E-state index contributed by atoms with van der Waals surface area (Å²) >= 11 is 0. The molecule has 0 aromatic carbocycles. The number of carbonyl (C=O) groups is 3. The third-order valence-electron chi connectivity index (χ3n) is 3.92. The molecule has 1 aliphatic carbocycles. The Morgan fingerprint density at radius 3 is 2.14 bits per heavy atom. The Morgan fingerprint density at radius 1 is 1.09 bits per heavy atom. The van der Waals surface area contributed by atoms with E-state index in [1.54, 1.807) is 13.8 Å². The summed E-state index contributed by atoms with van der Waals surface area (Å²) in [6, 6.07) is 0. The Kier molecular flexibility index (Phi) is 7.35. The normalized spacial score (nSPS) is 18.5. The Bertz CT molecular complexity index is 401. The van der Waals surface area contributed by atoms with E-state index >= 15 is 0 Å². The second-order valence-electron chi connectivity index (χ2n) is 6.26. The zero-order valence-electron chi connectivity index (χ0n) is 13.7. The summed E-state index contributed by atoms with van der Waals surface area (Å²) in [5.41, 5.74) is 5.46. The fourth-order valence-corrected chi connectivity index (χ4v) is 2.94. The quantitative estimate of drug-likeness (QED) is 0.725. The van der Waals surface area contributed by atoms with Gasteiger partial charge < -0.3 is 15.2 Å². The predicted octanol–water partition coefficient (Wildman–Crippen LogP) is 1.94. The molecule has 1 amide bonds. The zero-order chi connectivity index (χ0) is 16.7. The molecule has 1 rings (SSSR count). The van der Waals surface area contributed by atoms with Crippen molar-refractivity contribution < 1.29 is 23.9 Å². The molecule has 126 valence electrons. The van der Waals surface area contributed by atoms with E-state index in [9.17, 15) is 14.4 Å². The molecule has 0 unspecified atom stereocenters. The average molecular weight is 313 g/mol. The number of ether oxygens (including phenoxy) is 2. The Labute approximate surface area is 131 Å². The molecule has 0 radical (unpaired) electrons. The largest absolute Gasteiger partial charge is 0.460 e. The molecule has 6 nitrogen and oxygen atoms in total. The van der Waals surface area contributed by atoms with Gasteiger partial charge >= 0.3 is 11.9 Å². The second kappa shape index (κ2) is 8.76. The van der Waals surface area contributed by atoms with E-state index in [0.717, 1.165) is 25.7 Å². The minimum Gasteiger partial charge on any atom is -0.460 e. The molecular weight excluding hydrogens is 286 g/mol. The molecule has 0 saturated heterocycles. The Hall–Kier alpha value is -1.59. The summed E-state index contributed by atoms with van der Waals surface area (Å²) in [6.45, 7) is 4.60. The van der Waals surface area contributed by atoms with Crippen LogP contribution in [0, 0.1) is 11.8 Å². The molecule has 2 N–H and O–H groups in total. The van der Waals surface area contributed by atoms with Crippen LogP contribution in [0.5, 0.6) is 0 Å². The first kappa shape index (κ1) is 18.5. The van der Waals surface area contributed by atoms with Gasteiger partial charge in [0, 0.05) is 6.92 Å². The molecule has 0 heterocycles. The van der Waals surface area contributed by atoms with Gasteiger partial charge in [-0.2, -0.15) is 0 Å². The lowest BCUT2D eigenvalue weighted by Crippen LogP contribution is -2.44. The van der Waals surface area contributed by atoms with Crippen molar-refractivity contribution in [3.63, 3.8) is 0 Å². The van der Waals surface area contributed by atoms with Crippen LogP contribution in [0.25, 0.3) is 0 Å². The van der Waals surface area contributed by atoms with E-state index in [-0.39, 0.29) is 6.10 Å². The molecule has 0 bridgehead atoms. The van der Waals surface area contributed by atoms with Crippen LogP contribution in [0.4, 0.5) is 0 Å². The van der Waals surface area contributed by atoms with E-state index in [4.69, 9.17) is 15.2 Å². The number of primary amides is 1. The highest BCUT2D eigenvalue weighted by Gasteiger charge is 2.38. The maximum Gasteiger partial charge on any atom is 0.348 e. The average Bonchev–Trinajstić information content (AvgIpc) is 2.42. The fourth-order valence-electron chi connectivity index (χ4n) is 2.94. The molecule has 22 heavy (non-hydrogen) atoms. The predicted molar refractivity (Wildman–Crippen MR) is 80.7 cm³/mol. The molecular formula is C16H27NO5. The molecule has 0 spiro atoms. The van der Waals surface area contributed by atoms with Crippen LogP contribution in [-0.2, 0) is 23.9 Å². The summed E-state index contributed by atoms with van der Waals surface area (Å²) in [5, 5.41) is 0. The van der Waals surface area contributed by atoms with E-state index in [2.05, 4.69) is 0 Å². The van der Waals surface area contributed by atoms with Gasteiger partial charge in [-0.25, -0.2) is 4.79 Å². The summed E-state index contributed by atoms with van der Waals surface area (Å²) < 4.78 is 10.2. The molecule has 0 aliphatic heterocycles. The summed E-state index contributed by atoms with van der Waals surface area (Å²) in [5.74, 6) is -2.46. The van der Waals surface area contributed by atoms with Crippen LogP contribution in [0.2, 0.25) is 0 Å². The molecule has 1 fully saturated rings. The van der Waals surface area contributed by atoms with Crippen molar-refractivity contribution >= 4 is 17.8 Å². The molecule has 0 aromatic rings. The van der Waals surface area contributed by atoms with Gasteiger partial charge in [-0.05, 0) is 26.2 Å². The van der Waals surface area contributed by atoms with Gasteiger partial charge in [0.05, 0.1) is 12.0 Å². The highest BCUT2D eigenvalue weighted by molar-refractivity contribution is 5.87. The Balaban J connectivity index is 2.85. The standard InChI is InChI=1S/C16H27NO5/c1-10(2)21-16(20)14(22-11(3)18)13(15(17)19)9-12-7-5-4-6-8-12/h10,12-14H,4-9H2,1-3H3,(H2,17,19)/t13-,14+/m0/s1. The van der Waals surface area contributed by atoms with Gasteiger partial charge in [0.2, 0.25) is 12.0 Å². The highest BCUT2D eigenvalue weighted by Crippen LogP contribution is 2.31. The van der Waals surface area contributed by atoms with Crippen LogP contribution in [0.1, 0.15) is 59.3 Å². The molecule has 1 aliphatic rings. The minimum atomic E-state index is -1.25. The van der Waals surface area contributed by atoms with Gasteiger partial charge in [0.25, 0.3) is 0 Å². The topological polar surface area (TPSA) is 95.7 Å². The van der Waals surface area contributed by atoms with Crippen molar-refractivity contribution in [3.8, 4) is 0 Å². The SMILES string of the molecule is CC(=O)O[C@@H](C(=O)OC(C)C)[C@H](CC1CCCCC1)C(N)=O. The van der Waals surface area contributed by atoms with Crippen LogP contribution in [-0.4, -0.2) is 30.1 Å². The monoisotopic (exact) mass is 313 g/mol. The molecule has 0 aromatic heterocycles. The smallest absolute Gasteiger partial charge is 0.348 e.